The number of nitrogens with zero attached hydrogens (tertiary/aromatic N) is 2. The molecule has 2 fully saturated rings. The molecule has 25 heavy (non-hydrogen) atoms. The Balaban J connectivity index is 1.37. The van der Waals surface area contributed by atoms with Gasteiger partial charge < -0.3 is 10.1 Å². The number of benzene rings is 1. The Morgan fingerprint density at radius 1 is 1.24 bits per heavy atom. The van der Waals surface area contributed by atoms with Crippen molar-refractivity contribution in [3.63, 3.8) is 0 Å². The first-order valence-corrected chi connectivity index (χ1v) is 8.79. The standard InChI is InChI=1S/C18H23N5O2/c24-18(14-3-1-4-15(11-14)23-8-2-7-19-23)20-17-12-16(21-22-17)13-5-9-25-10-6-13/h1-4,7-8,11,13,16-17,21-22H,5-6,9-10,12H2,(H,20,24). The zero-order chi connectivity index (χ0) is 17.1. The van der Waals surface area contributed by atoms with Gasteiger partial charge in [0, 0.05) is 37.2 Å². The van der Waals surface area contributed by atoms with E-state index in [2.05, 4.69) is 21.3 Å². The fraction of sp³-hybridized carbons (Fsp3) is 0.444. The summed E-state index contributed by atoms with van der Waals surface area (Å²) < 4.78 is 7.17. The number of hydrogen-bond donors (Lipinski definition) is 3. The molecular weight excluding hydrogens is 318 g/mol. The number of aromatic nitrogens is 2. The predicted octanol–water partition coefficient (Wildman–Crippen LogP) is 1.22. The van der Waals surface area contributed by atoms with Gasteiger partial charge in [-0.25, -0.2) is 10.1 Å². The molecule has 2 aliphatic rings. The first-order chi connectivity index (χ1) is 12.3. The van der Waals surface area contributed by atoms with Crippen molar-refractivity contribution < 1.29 is 9.53 Å². The van der Waals surface area contributed by atoms with Gasteiger partial charge in [0.25, 0.3) is 5.91 Å². The minimum atomic E-state index is -0.0825. The average molecular weight is 341 g/mol. The van der Waals surface area contributed by atoms with Crippen LogP contribution in [-0.4, -0.2) is 41.1 Å². The first kappa shape index (κ1) is 16.3. The van der Waals surface area contributed by atoms with Crippen LogP contribution in [0.15, 0.2) is 42.7 Å². The summed E-state index contributed by atoms with van der Waals surface area (Å²) in [5.41, 5.74) is 8.04. The summed E-state index contributed by atoms with van der Waals surface area (Å²) >= 11 is 0. The molecule has 2 aliphatic heterocycles. The molecule has 2 saturated heterocycles. The van der Waals surface area contributed by atoms with Crippen LogP contribution >= 0.6 is 0 Å². The van der Waals surface area contributed by atoms with E-state index in [1.165, 1.54) is 0 Å². The van der Waals surface area contributed by atoms with Crippen LogP contribution in [-0.2, 0) is 4.74 Å². The van der Waals surface area contributed by atoms with Crippen LogP contribution in [0.5, 0.6) is 0 Å². The molecule has 0 spiro atoms. The van der Waals surface area contributed by atoms with Crippen LogP contribution in [0.25, 0.3) is 5.69 Å². The van der Waals surface area contributed by atoms with Crippen molar-refractivity contribution in [2.24, 2.45) is 5.92 Å². The van der Waals surface area contributed by atoms with Gasteiger partial charge in [-0.05, 0) is 49.4 Å². The van der Waals surface area contributed by atoms with Crippen molar-refractivity contribution in [1.82, 2.24) is 25.9 Å². The van der Waals surface area contributed by atoms with Gasteiger partial charge in [0.1, 0.15) is 0 Å². The van der Waals surface area contributed by atoms with Gasteiger partial charge in [-0.3, -0.25) is 10.2 Å². The molecule has 7 heteroatoms. The Morgan fingerprint density at radius 3 is 2.92 bits per heavy atom. The molecular formula is C18H23N5O2. The highest BCUT2D eigenvalue weighted by Crippen LogP contribution is 2.23. The molecule has 1 aromatic heterocycles. The number of rotatable bonds is 4. The van der Waals surface area contributed by atoms with Crippen molar-refractivity contribution >= 4 is 5.91 Å². The topological polar surface area (TPSA) is 80.2 Å². The fourth-order valence-corrected chi connectivity index (χ4v) is 3.56. The van der Waals surface area contributed by atoms with Crippen LogP contribution in [0.4, 0.5) is 0 Å². The molecule has 0 saturated carbocycles. The number of carbonyl (C=O) groups excluding carboxylic acids is 1. The minimum absolute atomic E-state index is 0.0614. The number of hydrogen-bond acceptors (Lipinski definition) is 5. The van der Waals surface area contributed by atoms with Crippen LogP contribution < -0.4 is 16.2 Å². The van der Waals surface area contributed by atoms with Crippen LogP contribution in [0.1, 0.15) is 29.6 Å². The molecule has 3 N–H and O–H groups in total. The number of carbonyl (C=O) groups is 1. The van der Waals surface area contributed by atoms with Gasteiger partial charge in [0.05, 0.1) is 11.9 Å². The Bertz CT molecular complexity index is 712. The van der Waals surface area contributed by atoms with Gasteiger partial charge in [-0.15, -0.1) is 0 Å². The molecule has 132 valence electrons. The van der Waals surface area contributed by atoms with Gasteiger partial charge in [-0.1, -0.05) is 6.07 Å². The molecule has 0 radical (unpaired) electrons. The molecule has 1 amide bonds. The Morgan fingerprint density at radius 2 is 2.12 bits per heavy atom. The second kappa shape index (κ2) is 7.35. The van der Waals surface area contributed by atoms with Crippen molar-refractivity contribution in [2.75, 3.05) is 13.2 Å². The molecule has 2 atom stereocenters. The lowest BCUT2D eigenvalue weighted by molar-refractivity contribution is 0.0553. The van der Waals surface area contributed by atoms with Crippen molar-refractivity contribution in [3.05, 3.63) is 48.3 Å². The highest BCUT2D eigenvalue weighted by Gasteiger charge is 2.32. The van der Waals surface area contributed by atoms with E-state index in [0.717, 1.165) is 38.2 Å². The summed E-state index contributed by atoms with van der Waals surface area (Å²) in [5, 5.41) is 7.27. The van der Waals surface area contributed by atoms with Crippen molar-refractivity contribution in [2.45, 2.75) is 31.5 Å². The van der Waals surface area contributed by atoms with Crippen molar-refractivity contribution in [1.29, 1.82) is 0 Å². The average Bonchev–Trinajstić information content (AvgIpc) is 3.35. The number of ether oxygens (including phenoxy) is 1. The zero-order valence-corrected chi connectivity index (χ0v) is 14.0. The fourth-order valence-electron chi connectivity index (χ4n) is 3.56. The van der Waals surface area contributed by atoms with E-state index in [4.69, 9.17) is 4.74 Å². The molecule has 0 bridgehead atoms. The van der Waals surface area contributed by atoms with Gasteiger partial charge in [0.15, 0.2) is 0 Å². The van der Waals surface area contributed by atoms with Gasteiger partial charge in [0.2, 0.25) is 0 Å². The van der Waals surface area contributed by atoms with E-state index in [1.54, 1.807) is 10.9 Å². The lowest BCUT2D eigenvalue weighted by Gasteiger charge is -2.26. The summed E-state index contributed by atoms with van der Waals surface area (Å²) in [7, 11) is 0. The van der Waals surface area contributed by atoms with E-state index in [0.29, 0.717) is 17.5 Å². The molecule has 0 aliphatic carbocycles. The van der Waals surface area contributed by atoms with Crippen LogP contribution in [0, 0.1) is 5.92 Å². The molecule has 7 nitrogen and oxygen atoms in total. The maximum absolute atomic E-state index is 12.6. The SMILES string of the molecule is O=C(NC1CC(C2CCOCC2)NN1)c1cccc(-n2cccn2)c1. The van der Waals surface area contributed by atoms with Gasteiger partial charge >= 0.3 is 0 Å². The van der Waals surface area contributed by atoms with E-state index in [-0.39, 0.29) is 12.1 Å². The number of hydrazine groups is 1. The molecule has 1 aromatic carbocycles. The Kier molecular flexibility index (Phi) is 4.78. The summed E-state index contributed by atoms with van der Waals surface area (Å²) in [6, 6.07) is 9.71. The smallest absolute Gasteiger partial charge is 0.252 e. The third-order valence-corrected chi connectivity index (χ3v) is 4.95. The molecule has 3 heterocycles. The lowest BCUT2D eigenvalue weighted by atomic mass is 9.90. The van der Waals surface area contributed by atoms with E-state index >= 15 is 0 Å². The minimum Gasteiger partial charge on any atom is -0.381 e. The monoisotopic (exact) mass is 341 g/mol. The van der Waals surface area contributed by atoms with E-state index in [1.807, 2.05) is 36.5 Å². The van der Waals surface area contributed by atoms with Crippen LogP contribution in [0.2, 0.25) is 0 Å². The molecule has 4 rings (SSSR count). The third kappa shape index (κ3) is 3.73. The first-order valence-electron chi connectivity index (χ1n) is 8.79. The Hall–Kier alpha value is -2.22. The van der Waals surface area contributed by atoms with E-state index in [9.17, 15) is 4.79 Å². The largest absolute Gasteiger partial charge is 0.381 e. The maximum atomic E-state index is 12.6. The highest BCUT2D eigenvalue weighted by atomic mass is 16.5. The van der Waals surface area contributed by atoms with Crippen LogP contribution in [0.3, 0.4) is 0 Å². The second-order valence-electron chi connectivity index (χ2n) is 6.61. The quantitative estimate of drug-likeness (QED) is 0.779. The summed E-state index contributed by atoms with van der Waals surface area (Å²) in [6.45, 7) is 1.67. The highest BCUT2D eigenvalue weighted by molar-refractivity contribution is 5.94. The molecule has 2 unspecified atom stereocenters. The Labute approximate surface area is 146 Å². The second-order valence-corrected chi connectivity index (χ2v) is 6.61. The number of amides is 1. The predicted molar refractivity (Wildman–Crippen MR) is 93.0 cm³/mol. The summed E-state index contributed by atoms with van der Waals surface area (Å²) in [4.78, 5) is 12.6. The van der Waals surface area contributed by atoms with Gasteiger partial charge in [-0.2, -0.15) is 5.10 Å². The lowest BCUT2D eigenvalue weighted by Crippen LogP contribution is -2.44. The zero-order valence-electron chi connectivity index (χ0n) is 14.0. The summed E-state index contributed by atoms with van der Waals surface area (Å²) in [6.07, 6.45) is 6.55. The normalized spacial score (nSPS) is 24.3. The summed E-state index contributed by atoms with van der Waals surface area (Å²) in [5.74, 6) is 0.521. The maximum Gasteiger partial charge on any atom is 0.252 e. The third-order valence-electron chi connectivity index (χ3n) is 4.95. The molecule has 2 aromatic rings. The van der Waals surface area contributed by atoms with E-state index < -0.39 is 0 Å². The van der Waals surface area contributed by atoms with Crippen molar-refractivity contribution in [3.8, 4) is 5.69 Å². The number of nitrogens with one attached hydrogen (secondary N) is 3.